The molecule has 0 bridgehead atoms. The van der Waals surface area contributed by atoms with Crippen molar-refractivity contribution in [2.24, 2.45) is 0 Å². The molecule has 1 aromatic heterocycles. The molecule has 0 saturated carbocycles. The predicted molar refractivity (Wildman–Crippen MR) is 109 cm³/mol. The summed E-state index contributed by atoms with van der Waals surface area (Å²) in [6.07, 6.45) is 4.32. The van der Waals surface area contributed by atoms with Gasteiger partial charge in [-0.25, -0.2) is 4.68 Å². The van der Waals surface area contributed by atoms with E-state index in [9.17, 15) is 4.79 Å². The van der Waals surface area contributed by atoms with Gasteiger partial charge in [0.05, 0.1) is 12.2 Å². The summed E-state index contributed by atoms with van der Waals surface area (Å²) in [5, 5.41) is 7.46. The summed E-state index contributed by atoms with van der Waals surface area (Å²) < 4.78 is 13.1. The lowest BCUT2D eigenvalue weighted by molar-refractivity contribution is -0.115. The van der Waals surface area contributed by atoms with Gasteiger partial charge in [0.2, 0.25) is 5.91 Å². The van der Waals surface area contributed by atoms with Crippen molar-refractivity contribution in [1.82, 2.24) is 14.7 Å². The van der Waals surface area contributed by atoms with Crippen LogP contribution in [0, 0.1) is 0 Å². The van der Waals surface area contributed by atoms with Gasteiger partial charge in [-0.2, -0.15) is 5.10 Å². The third-order valence-corrected chi connectivity index (χ3v) is 6.08. The number of fused-ring (bicyclic) bond motifs is 1. The number of amides is 1. The molecule has 0 atom stereocenters. The Bertz CT molecular complexity index is 818. The van der Waals surface area contributed by atoms with Crippen LogP contribution in [0.4, 0.5) is 5.82 Å². The van der Waals surface area contributed by atoms with Crippen molar-refractivity contribution in [3.63, 3.8) is 0 Å². The largest absolute Gasteiger partial charge is 0.486 e. The first-order valence-corrected chi connectivity index (χ1v) is 10.7. The summed E-state index contributed by atoms with van der Waals surface area (Å²) >= 11 is 1.64. The molecule has 2 aliphatic heterocycles. The lowest BCUT2D eigenvalue weighted by Gasteiger charge is -2.30. The van der Waals surface area contributed by atoms with Crippen molar-refractivity contribution in [2.45, 2.75) is 30.2 Å². The maximum absolute atomic E-state index is 12.4. The maximum atomic E-state index is 12.4. The molecule has 2 aliphatic rings. The Morgan fingerprint density at radius 1 is 1.21 bits per heavy atom. The maximum Gasteiger partial charge on any atom is 0.226 e. The molecule has 4 rings (SSSR count). The second-order valence-electron chi connectivity index (χ2n) is 7.15. The molecule has 0 unspecified atom stereocenters. The van der Waals surface area contributed by atoms with Crippen LogP contribution in [0.5, 0.6) is 11.5 Å². The van der Waals surface area contributed by atoms with Gasteiger partial charge in [-0.05, 0) is 51.2 Å². The predicted octanol–water partition coefficient (Wildman–Crippen LogP) is 3.04. The molecule has 1 aromatic carbocycles. The number of aromatic nitrogens is 2. The molecule has 1 N–H and O–H groups in total. The summed E-state index contributed by atoms with van der Waals surface area (Å²) in [5.41, 5.74) is 0. The average molecular weight is 403 g/mol. The molecule has 3 heterocycles. The normalized spacial score (nSPS) is 17.5. The van der Waals surface area contributed by atoms with E-state index in [1.165, 1.54) is 0 Å². The Hall–Kier alpha value is -2.19. The molecular weight excluding hydrogens is 376 g/mol. The first-order chi connectivity index (χ1) is 13.7. The van der Waals surface area contributed by atoms with Crippen LogP contribution in [-0.4, -0.2) is 59.7 Å². The first-order valence-electron chi connectivity index (χ1n) is 9.73. The average Bonchev–Trinajstić information content (AvgIpc) is 3.16. The minimum Gasteiger partial charge on any atom is -0.486 e. The molecule has 28 heavy (non-hydrogen) atoms. The van der Waals surface area contributed by atoms with Gasteiger partial charge in [0.1, 0.15) is 19.0 Å². The first kappa shape index (κ1) is 19.1. The van der Waals surface area contributed by atoms with Crippen molar-refractivity contribution in [2.75, 3.05) is 44.4 Å². The van der Waals surface area contributed by atoms with Crippen LogP contribution in [0.15, 0.2) is 35.4 Å². The lowest BCUT2D eigenvalue weighted by Crippen LogP contribution is -2.32. The summed E-state index contributed by atoms with van der Waals surface area (Å²) in [7, 11) is 2.14. The molecule has 0 aliphatic carbocycles. The Labute approximate surface area is 169 Å². The number of thioether (sulfide) groups is 1. The summed E-state index contributed by atoms with van der Waals surface area (Å²) in [6, 6.07) is 8.15. The zero-order valence-corrected chi connectivity index (χ0v) is 16.9. The fourth-order valence-corrected chi connectivity index (χ4v) is 4.40. The number of benzene rings is 1. The highest BCUT2D eigenvalue weighted by molar-refractivity contribution is 7.99. The molecule has 1 fully saturated rings. The van der Waals surface area contributed by atoms with Gasteiger partial charge in [-0.15, -0.1) is 11.8 Å². The molecule has 1 amide bonds. The number of hydrogen-bond acceptors (Lipinski definition) is 6. The number of rotatable bonds is 6. The van der Waals surface area contributed by atoms with E-state index in [1.54, 1.807) is 18.0 Å². The number of nitrogens with one attached hydrogen (secondary N) is 1. The fraction of sp³-hybridized carbons (Fsp3) is 0.500. The highest BCUT2D eigenvalue weighted by atomic mass is 32.2. The van der Waals surface area contributed by atoms with E-state index in [4.69, 9.17) is 9.47 Å². The third kappa shape index (κ3) is 4.62. The number of anilines is 1. The van der Waals surface area contributed by atoms with E-state index in [0.29, 0.717) is 31.4 Å². The molecule has 0 spiro atoms. The highest BCUT2D eigenvalue weighted by Crippen LogP contribution is 2.34. The highest BCUT2D eigenvalue weighted by Gasteiger charge is 2.21. The number of piperidine rings is 1. The Morgan fingerprint density at radius 2 is 2.00 bits per heavy atom. The van der Waals surface area contributed by atoms with Crippen LogP contribution in [0.2, 0.25) is 0 Å². The zero-order valence-electron chi connectivity index (χ0n) is 16.1. The van der Waals surface area contributed by atoms with Gasteiger partial charge in [-0.1, -0.05) is 0 Å². The second kappa shape index (κ2) is 8.87. The van der Waals surface area contributed by atoms with Gasteiger partial charge >= 0.3 is 0 Å². The van der Waals surface area contributed by atoms with Crippen molar-refractivity contribution < 1.29 is 14.3 Å². The molecule has 8 heteroatoms. The Kier molecular flexibility index (Phi) is 6.07. The van der Waals surface area contributed by atoms with E-state index < -0.39 is 0 Å². The molecule has 1 saturated heterocycles. The van der Waals surface area contributed by atoms with Gasteiger partial charge in [0.25, 0.3) is 0 Å². The fourth-order valence-electron chi connectivity index (χ4n) is 3.52. The number of carbonyl (C=O) groups excluding carboxylic acids is 1. The Morgan fingerprint density at radius 3 is 2.82 bits per heavy atom. The summed E-state index contributed by atoms with van der Waals surface area (Å²) in [6.45, 7) is 3.29. The Balaban J connectivity index is 1.27. The van der Waals surface area contributed by atoms with Crippen molar-refractivity contribution in [1.29, 1.82) is 0 Å². The SMILES string of the molecule is CN1CCC(n2nccc2NC(=O)CCSc2ccc3c(c2)OCCO3)CC1. The molecule has 7 nitrogen and oxygen atoms in total. The monoisotopic (exact) mass is 402 g/mol. The molecule has 0 radical (unpaired) electrons. The van der Waals surface area contributed by atoms with Gasteiger partial charge in [0.15, 0.2) is 11.5 Å². The number of nitrogens with zero attached hydrogens (tertiary/aromatic N) is 3. The molecule has 150 valence electrons. The van der Waals surface area contributed by atoms with Gasteiger partial charge in [0, 0.05) is 23.1 Å². The zero-order chi connectivity index (χ0) is 19.3. The van der Waals surface area contributed by atoms with E-state index in [0.717, 1.165) is 48.1 Å². The van der Waals surface area contributed by atoms with Crippen LogP contribution >= 0.6 is 11.8 Å². The lowest BCUT2D eigenvalue weighted by atomic mass is 10.1. The van der Waals surface area contributed by atoms with Crippen molar-refractivity contribution >= 4 is 23.5 Å². The second-order valence-corrected chi connectivity index (χ2v) is 8.32. The van der Waals surface area contributed by atoms with Crippen LogP contribution in [0.3, 0.4) is 0 Å². The topological polar surface area (TPSA) is 68.6 Å². The standard InChI is InChI=1S/C20H26N4O3S/c1-23-9-5-15(6-10-23)24-19(4-8-21-24)22-20(25)7-13-28-16-2-3-17-18(14-16)27-12-11-26-17/h2-4,8,14-15H,5-7,9-13H2,1H3,(H,22,25). The van der Waals surface area contributed by atoms with E-state index in [-0.39, 0.29) is 5.91 Å². The van der Waals surface area contributed by atoms with Gasteiger partial charge < -0.3 is 19.7 Å². The molecule has 2 aromatic rings. The minimum absolute atomic E-state index is 0.0136. The van der Waals surface area contributed by atoms with Crippen LogP contribution in [0.1, 0.15) is 25.3 Å². The van der Waals surface area contributed by atoms with E-state index >= 15 is 0 Å². The third-order valence-electron chi connectivity index (χ3n) is 5.08. The van der Waals surface area contributed by atoms with Crippen molar-refractivity contribution in [3.8, 4) is 11.5 Å². The van der Waals surface area contributed by atoms with Crippen LogP contribution in [0.25, 0.3) is 0 Å². The van der Waals surface area contributed by atoms with Crippen LogP contribution < -0.4 is 14.8 Å². The quantitative estimate of drug-likeness (QED) is 0.749. The van der Waals surface area contributed by atoms with E-state index in [2.05, 4.69) is 22.4 Å². The number of hydrogen-bond donors (Lipinski definition) is 1. The smallest absolute Gasteiger partial charge is 0.226 e. The molecular formula is C20H26N4O3S. The van der Waals surface area contributed by atoms with E-state index in [1.807, 2.05) is 28.9 Å². The van der Waals surface area contributed by atoms with Crippen LogP contribution in [-0.2, 0) is 4.79 Å². The minimum atomic E-state index is 0.0136. The van der Waals surface area contributed by atoms with Crippen molar-refractivity contribution in [3.05, 3.63) is 30.5 Å². The summed E-state index contributed by atoms with van der Waals surface area (Å²) in [4.78, 5) is 15.8. The summed E-state index contributed by atoms with van der Waals surface area (Å²) in [5.74, 6) is 3.08. The number of carbonyl (C=O) groups is 1. The number of likely N-dealkylation sites (tertiary alicyclic amines) is 1. The van der Waals surface area contributed by atoms with Gasteiger partial charge in [-0.3, -0.25) is 4.79 Å². The number of ether oxygens (including phenoxy) is 2.